The summed E-state index contributed by atoms with van der Waals surface area (Å²) in [5.74, 6) is 1.73. The molecule has 5 heteroatoms. The van der Waals surface area contributed by atoms with Crippen LogP contribution in [0, 0.1) is 0 Å². The largest absolute Gasteiger partial charge is 0.370 e. The second-order valence-corrected chi connectivity index (χ2v) is 5.05. The molecule has 0 amide bonds. The van der Waals surface area contributed by atoms with Gasteiger partial charge in [-0.25, -0.2) is 9.97 Å². The maximum absolute atomic E-state index is 4.60. The third-order valence-electron chi connectivity index (χ3n) is 2.78. The molecule has 19 heavy (non-hydrogen) atoms. The van der Waals surface area contributed by atoms with E-state index in [2.05, 4.69) is 33.3 Å². The van der Waals surface area contributed by atoms with Crippen LogP contribution in [0.1, 0.15) is 18.4 Å². The lowest BCUT2D eigenvalue weighted by Gasteiger charge is -2.06. The van der Waals surface area contributed by atoms with E-state index >= 15 is 0 Å². The molecule has 96 valence electrons. The Hall–Kier alpha value is -2.01. The molecule has 0 saturated carbocycles. The van der Waals surface area contributed by atoms with E-state index in [1.165, 1.54) is 0 Å². The number of hydrogen-bond donors (Lipinski definition) is 1. The van der Waals surface area contributed by atoms with Crippen molar-refractivity contribution in [3.05, 3.63) is 47.4 Å². The van der Waals surface area contributed by atoms with Crippen molar-refractivity contribution in [2.45, 2.75) is 13.3 Å². The number of thiophene rings is 1. The van der Waals surface area contributed by atoms with Gasteiger partial charge in [-0.1, -0.05) is 6.07 Å². The number of pyridine rings is 1. The fourth-order valence-electron chi connectivity index (χ4n) is 1.95. The van der Waals surface area contributed by atoms with Gasteiger partial charge in [0.15, 0.2) is 0 Å². The second-order valence-electron chi connectivity index (χ2n) is 4.16. The van der Waals surface area contributed by atoms with Crippen molar-refractivity contribution < 1.29 is 0 Å². The Kier molecular flexibility index (Phi) is 3.37. The molecule has 0 saturated heterocycles. The maximum atomic E-state index is 4.60. The second kappa shape index (κ2) is 5.32. The van der Waals surface area contributed by atoms with Gasteiger partial charge in [-0.15, -0.1) is 11.3 Å². The summed E-state index contributed by atoms with van der Waals surface area (Å²) in [6, 6.07) is 7.95. The SMILES string of the molecule is CCNc1nc(Cc2ccccn2)nc2sccc12. The molecule has 3 heterocycles. The fourth-order valence-corrected chi connectivity index (χ4v) is 2.73. The summed E-state index contributed by atoms with van der Waals surface area (Å²) in [6.07, 6.45) is 2.46. The highest BCUT2D eigenvalue weighted by Crippen LogP contribution is 2.25. The van der Waals surface area contributed by atoms with E-state index in [4.69, 9.17) is 0 Å². The summed E-state index contributed by atoms with van der Waals surface area (Å²) in [5, 5.41) is 6.44. The number of hydrogen-bond acceptors (Lipinski definition) is 5. The molecule has 3 aromatic rings. The Labute approximate surface area is 115 Å². The zero-order valence-corrected chi connectivity index (χ0v) is 11.4. The molecule has 0 bridgehead atoms. The zero-order valence-electron chi connectivity index (χ0n) is 10.6. The molecule has 0 fully saturated rings. The van der Waals surface area contributed by atoms with E-state index in [-0.39, 0.29) is 0 Å². The number of nitrogens with one attached hydrogen (secondary N) is 1. The minimum atomic E-state index is 0.660. The molecule has 0 aromatic carbocycles. The van der Waals surface area contributed by atoms with E-state index in [0.29, 0.717) is 6.42 Å². The van der Waals surface area contributed by atoms with Crippen LogP contribution < -0.4 is 5.32 Å². The van der Waals surface area contributed by atoms with Gasteiger partial charge in [-0.2, -0.15) is 0 Å². The molecule has 0 radical (unpaired) electrons. The van der Waals surface area contributed by atoms with Crippen LogP contribution in [-0.4, -0.2) is 21.5 Å². The summed E-state index contributed by atoms with van der Waals surface area (Å²) in [6.45, 7) is 2.92. The first-order valence-electron chi connectivity index (χ1n) is 6.24. The minimum Gasteiger partial charge on any atom is -0.370 e. The van der Waals surface area contributed by atoms with Crippen molar-refractivity contribution in [3.8, 4) is 0 Å². The van der Waals surface area contributed by atoms with E-state index in [1.807, 2.05) is 23.6 Å². The normalized spacial score (nSPS) is 10.8. The average Bonchev–Trinajstić information content (AvgIpc) is 2.89. The quantitative estimate of drug-likeness (QED) is 0.791. The molecular weight excluding hydrogens is 256 g/mol. The van der Waals surface area contributed by atoms with Crippen LogP contribution in [0.5, 0.6) is 0 Å². The van der Waals surface area contributed by atoms with Gasteiger partial charge in [0.05, 0.1) is 11.8 Å². The van der Waals surface area contributed by atoms with Gasteiger partial charge in [0.2, 0.25) is 0 Å². The number of nitrogens with zero attached hydrogens (tertiary/aromatic N) is 3. The Morgan fingerprint density at radius 1 is 1.21 bits per heavy atom. The average molecular weight is 270 g/mol. The predicted octanol–water partition coefficient (Wildman–Crippen LogP) is 3.11. The number of fused-ring (bicyclic) bond motifs is 1. The number of rotatable bonds is 4. The molecular formula is C14H14N4S. The van der Waals surface area contributed by atoms with Crippen molar-refractivity contribution in [1.29, 1.82) is 0 Å². The van der Waals surface area contributed by atoms with E-state index in [0.717, 1.165) is 34.1 Å². The van der Waals surface area contributed by atoms with Gasteiger partial charge in [0, 0.05) is 18.4 Å². The summed E-state index contributed by atoms with van der Waals surface area (Å²) in [5.41, 5.74) is 0.987. The van der Waals surface area contributed by atoms with Gasteiger partial charge in [-0.05, 0) is 30.5 Å². The molecule has 3 rings (SSSR count). The van der Waals surface area contributed by atoms with Crippen molar-refractivity contribution in [3.63, 3.8) is 0 Å². The van der Waals surface area contributed by atoms with E-state index < -0.39 is 0 Å². The first kappa shape index (κ1) is 12.0. The Morgan fingerprint density at radius 3 is 2.95 bits per heavy atom. The van der Waals surface area contributed by atoms with Crippen molar-refractivity contribution >= 4 is 27.4 Å². The maximum Gasteiger partial charge on any atom is 0.138 e. The summed E-state index contributed by atoms with van der Waals surface area (Å²) < 4.78 is 0. The van der Waals surface area contributed by atoms with Crippen LogP contribution in [0.4, 0.5) is 5.82 Å². The number of anilines is 1. The third kappa shape index (κ3) is 2.56. The third-order valence-corrected chi connectivity index (χ3v) is 3.59. The molecule has 0 atom stereocenters. The molecule has 0 spiro atoms. The molecule has 4 nitrogen and oxygen atoms in total. The van der Waals surface area contributed by atoms with Crippen molar-refractivity contribution in [1.82, 2.24) is 15.0 Å². The van der Waals surface area contributed by atoms with Crippen LogP contribution in [0.25, 0.3) is 10.2 Å². The lowest BCUT2D eigenvalue weighted by atomic mass is 10.2. The molecule has 0 aliphatic heterocycles. The summed E-state index contributed by atoms with van der Waals surface area (Å²) >= 11 is 1.64. The first-order valence-corrected chi connectivity index (χ1v) is 7.12. The van der Waals surface area contributed by atoms with Gasteiger partial charge in [-0.3, -0.25) is 4.98 Å². The predicted molar refractivity (Wildman–Crippen MR) is 78.6 cm³/mol. The van der Waals surface area contributed by atoms with Crippen LogP contribution in [0.2, 0.25) is 0 Å². The lowest BCUT2D eigenvalue weighted by molar-refractivity contribution is 0.953. The first-order chi connectivity index (χ1) is 9.36. The van der Waals surface area contributed by atoms with Crippen LogP contribution in [0.3, 0.4) is 0 Å². The highest BCUT2D eigenvalue weighted by molar-refractivity contribution is 7.16. The van der Waals surface area contributed by atoms with Gasteiger partial charge in [0.25, 0.3) is 0 Å². The van der Waals surface area contributed by atoms with Crippen LogP contribution >= 0.6 is 11.3 Å². The highest BCUT2D eigenvalue weighted by Gasteiger charge is 2.09. The number of aromatic nitrogens is 3. The molecule has 0 unspecified atom stereocenters. The fraction of sp³-hybridized carbons (Fsp3) is 0.214. The van der Waals surface area contributed by atoms with Crippen LogP contribution in [-0.2, 0) is 6.42 Å². The van der Waals surface area contributed by atoms with Crippen molar-refractivity contribution in [2.24, 2.45) is 0 Å². The monoisotopic (exact) mass is 270 g/mol. The Morgan fingerprint density at radius 2 is 2.16 bits per heavy atom. The summed E-state index contributed by atoms with van der Waals surface area (Å²) in [7, 11) is 0. The smallest absolute Gasteiger partial charge is 0.138 e. The Bertz CT molecular complexity index is 678. The minimum absolute atomic E-state index is 0.660. The Balaban J connectivity index is 1.99. The van der Waals surface area contributed by atoms with Gasteiger partial charge >= 0.3 is 0 Å². The zero-order chi connectivity index (χ0) is 13.1. The molecule has 1 N–H and O–H groups in total. The van der Waals surface area contributed by atoms with Crippen LogP contribution in [0.15, 0.2) is 35.8 Å². The van der Waals surface area contributed by atoms with E-state index in [9.17, 15) is 0 Å². The standard InChI is InChI=1S/C14H14N4S/c1-2-15-13-11-6-8-19-14(11)18-12(17-13)9-10-5-3-4-7-16-10/h3-8H,2,9H2,1H3,(H,15,17,18). The lowest BCUT2D eigenvalue weighted by Crippen LogP contribution is -2.04. The topological polar surface area (TPSA) is 50.7 Å². The molecule has 0 aliphatic rings. The van der Waals surface area contributed by atoms with E-state index in [1.54, 1.807) is 17.5 Å². The molecule has 3 aromatic heterocycles. The summed E-state index contributed by atoms with van der Waals surface area (Å²) in [4.78, 5) is 14.5. The van der Waals surface area contributed by atoms with Gasteiger partial charge < -0.3 is 5.32 Å². The highest BCUT2D eigenvalue weighted by atomic mass is 32.1. The van der Waals surface area contributed by atoms with Crippen molar-refractivity contribution in [2.75, 3.05) is 11.9 Å². The molecule has 0 aliphatic carbocycles. The van der Waals surface area contributed by atoms with Gasteiger partial charge in [0.1, 0.15) is 16.5 Å².